The zero-order valence-electron chi connectivity index (χ0n) is 15.2. The van der Waals surface area contributed by atoms with Crippen LogP contribution in [0.15, 0.2) is 0 Å². The van der Waals surface area contributed by atoms with E-state index in [0.29, 0.717) is 24.6 Å². The lowest BCUT2D eigenvalue weighted by Crippen LogP contribution is -2.44. The van der Waals surface area contributed by atoms with Gasteiger partial charge < -0.3 is 15.0 Å². The van der Waals surface area contributed by atoms with E-state index in [1.54, 1.807) is 0 Å². The summed E-state index contributed by atoms with van der Waals surface area (Å²) in [4.78, 5) is 12.3. The Morgan fingerprint density at radius 1 is 1.31 bits per heavy atom. The van der Waals surface area contributed by atoms with Crippen molar-refractivity contribution in [1.29, 1.82) is 0 Å². The molecule has 4 rings (SSSR count). The quantitative estimate of drug-likeness (QED) is 0.711. The molecule has 0 spiro atoms. The van der Waals surface area contributed by atoms with Crippen LogP contribution in [-0.4, -0.2) is 42.0 Å². The number of rotatable bonds is 6. The van der Waals surface area contributed by atoms with E-state index >= 15 is 0 Å². The average Bonchev–Trinajstić information content (AvgIpc) is 3.19. The second kappa shape index (κ2) is 7.19. The number of aliphatic hydroxyl groups is 1. The van der Waals surface area contributed by atoms with Crippen LogP contribution in [0, 0.1) is 0 Å². The van der Waals surface area contributed by atoms with Crippen LogP contribution in [0.1, 0.15) is 66.6 Å². The third-order valence-electron chi connectivity index (χ3n) is 5.74. The number of aliphatic hydroxyl groups excluding tert-OH is 1. The number of carbonyl (C=O) groups excluding carboxylic acids is 1. The van der Waals surface area contributed by atoms with Gasteiger partial charge in [-0.15, -0.1) is 10.2 Å². The highest BCUT2D eigenvalue weighted by molar-refractivity contribution is 5.76. The molecule has 2 heterocycles. The minimum Gasteiger partial charge on any atom is -0.388 e. The van der Waals surface area contributed by atoms with Crippen LogP contribution in [0.3, 0.4) is 0 Å². The molecule has 0 saturated heterocycles. The van der Waals surface area contributed by atoms with E-state index in [1.165, 1.54) is 24.1 Å². The predicted octanol–water partition coefficient (Wildman–Crippen LogP) is 0.904. The van der Waals surface area contributed by atoms with E-state index in [0.717, 1.165) is 37.2 Å². The molecule has 2 aromatic heterocycles. The normalized spacial score (nSPS) is 21.9. The Kier molecular flexibility index (Phi) is 4.76. The molecule has 26 heavy (non-hydrogen) atoms. The Labute approximate surface area is 152 Å². The number of nitrogens with one attached hydrogen (secondary N) is 2. The first kappa shape index (κ1) is 17.2. The van der Waals surface area contributed by atoms with Gasteiger partial charge in [0.2, 0.25) is 5.91 Å². The number of hydrogen-bond donors (Lipinski definition) is 3. The minimum atomic E-state index is -0.104. The fourth-order valence-electron chi connectivity index (χ4n) is 4.10. The summed E-state index contributed by atoms with van der Waals surface area (Å²) in [6.07, 6.45) is 7.55. The highest BCUT2D eigenvalue weighted by Crippen LogP contribution is 2.36. The average molecular weight is 358 g/mol. The molecule has 8 nitrogen and oxygen atoms in total. The van der Waals surface area contributed by atoms with Crippen molar-refractivity contribution >= 4 is 5.91 Å². The second-order valence-corrected chi connectivity index (χ2v) is 7.46. The molecule has 0 bridgehead atoms. The highest BCUT2D eigenvalue weighted by Gasteiger charge is 2.34. The molecule has 1 saturated carbocycles. The number of carbonyl (C=O) groups is 1. The molecule has 2 aliphatic carbocycles. The Morgan fingerprint density at radius 3 is 2.88 bits per heavy atom. The Balaban J connectivity index is 1.24. The summed E-state index contributed by atoms with van der Waals surface area (Å²) < 4.78 is 1.85. The number of aromatic nitrogens is 5. The van der Waals surface area contributed by atoms with Crippen molar-refractivity contribution in [3.8, 4) is 0 Å². The second-order valence-electron chi connectivity index (χ2n) is 7.46. The van der Waals surface area contributed by atoms with E-state index in [9.17, 15) is 9.90 Å². The van der Waals surface area contributed by atoms with Crippen molar-refractivity contribution < 1.29 is 9.90 Å². The van der Waals surface area contributed by atoms with Crippen molar-refractivity contribution in [3.05, 3.63) is 28.6 Å². The largest absolute Gasteiger partial charge is 0.388 e. The molecule has 0 atom stereocenters. The summed E-state index contributed by atoms with van der Waals surface area (Å²) in [6, 6.07) is 0.204. The first-order valence-electron chi connectivity index (χ1n) is 9.49. The molecule has 1 fully saturated rings. The third kappa shape index (κ3) is 3.25. The Bertz CT molecular complexity index is 790. The maximum Gasteiger partial charge on any atom is 0.220 e. The van der Waals surface area contributed by atoms with Gasteiger partial charge in [-0.3, -0.25) is 9.89 Å². The molecule has 2 aliphatic rings. The fourth-order valence-corrected chi connectivity index (χ4v) is 4.10. The van der Waals surface area contributed by atoms with Crippen LogP contribution in [-0.2, 0) is 37.7 Å². The maximum absolute atomic E-state index is 12.3. The molecule has 8 heteroatoms. The molecule has 3 N–H and O–H groups in total. The van der Waals surface area contributed by atoms with Gasteiger partial charge in [0.25, 0.3) is 0 Å². The molecular formula is C18H26N6O2. The first-order valence-corrected chi connectivity index (χ1v) is 9.49. The molecular weight excluding hydrogens is 332 g/mol. The summed E-state index contributed by atoms with van der Waals surface area (Å²) in [5.74, 6) is 1.86. The van der Waals surface area contributed by atoms with Crippen LogP contribution >= 0.6 is 0 Å². The van der Waals surface area contributed by atoms with Gasteiger partial charge in [-0.25, -0.2) is 0 Å². The molecule has 1 amide bonds. The number of H-pyrrole nitrogens is 1. The Hall–Kier alpha value is -2.22. The van der Waals surface area contributed by atoms with Gasteiger partial charge in [0.15, 0.2) is 5.82 Å². The minimum absolute atomic E-state index is 0.0926. The monoisotopic (exact) mass is 358 g/mol. The van der Waals surface area contributed by atoms with Crippen molar-refractivity contribution in [2.24, 2.45) is 7.05 Å². The van der Waals surface area contributed by atoms with Crippen molar-refractivity contribution in [2.45, 2.75) is 69.9 Å². The lowest BCUT2D eigenvalue weighted by Gasteiger charge is -2.35. The summed E-state index contributed by atoms with van der Waals surface area (Å²) in [5, 5.41) is 28.0. The molecule has 0 unspecified atom stereocenters. The third-order valence-corrected chi connectivity index (χ3v) is 5.74. The number of aryl methyl sites for hydroxylation is 2. The zero-order chi connectivity index (χ0) is 18.1. The SMILES string of the molecule is Cn1c(CO)nnc1C1CC(NC(=O)CCc2n[nH]c3c2CCCC3)C1. The molecule has 0 aromatic carbocycles. The van der Waals surface area contributed by atoms with Crippen LogP contribution in [0.25, 0.3) is 0 Å². The summed E-state index contributed by atoms with van der Waals surface area (Å²) in [5.41, 5.74) is 3.67. The van der Waals surface area contributed by atoms with Gasteiger partial charge in [0, 0.05) is 37.5 Å². The predicted molar refractivity (Wildman–Crippen MR) is 94.4 cm³/mol. The topological polar surface area (TPSA) is 109 Å². The highest BCUT2D eigenvalue weighted by atomic mass is 16.3. The van der Waals surface area contributed by atoms with Crippen LogP contribution < -0.4 is 5.32 Å². The molecule has 0 radical (unpaired) electrons. The van der Waals surface area contributed by atoms with Gasteiger partial charge in [-0.2, -0.15) is 5.10 Å². The molecule has 0 aliphatic heterocycles. The maximum atomic E-state index is 12.3. The lowest BCUT2D eigenvalue weighted by molar-refractivity contribution is -0.122. The van der Waals surface area contributed by atoms with Gasteiger partial charge >= 0.3 is 0 Å². The van der Waals surface area contributed by atoms with E-state index in [2.05, 4.69) is 25.7 Å². The number of hydrogen-bond acceptors (Lipinski definition) is 5. The van der Waals surface area contributed by atoms with E-state index in [-0.39, 0.29) is 18.6 Å². The van der Waals surface area contributed by atoms with Crippen molar-refractivity contribution in [1.82, 2.24) is 30.3 Å². The van der Waals surface area contributed by atoms with Crippen molar-refractivity contribution in [3.63, 3.8) is 0 Å². The van der Waals surface area contributed by atoms with E-state index in [1.807, 2.05) is 11.6 Å². The van der Waals surface area contributed by atoms with Crippen LogP contribution in [0.2, 0.25) is 0 Å². The smallest absolute Gasteiger partial charge is 0.220 e. The summed E-state index contributed by atoms with van der Waals surface area (Å²) in [6.45, 7) is -0.104. The lowest BCUT2D eigenvalue weighted by atomic mass is 9.79. The fraction of sp³-hybridized carbons (Fsp3) is 0.667. The van der Waals surface area contributed by atoms with E-state index in [4.69, 9.17) is 0 Å². The van der Waals surface area contributed by atoms with Gasteiger partial charge in [0.1, 0.15) is 12.4 Å². The first-order chi connectivity index (χ1) is 12.7. The number of aromatic amines is 1. The summed E-state index contributed by atoms with van der Waals surface area (Å²) in [7, 11) is 1.87. The number of fused-ring (bicyclic) bond motifs is 1. The number of amides is 1. The zero-order valence-corrected chi connectivity index (χ0v) is 15.2. The van der Waals surface area contributed by atoms with Gasteiger partial charge in [-0.05, 0) is 44.1 Å². The van der Waals surface area contributed by atoms with E-state index < -0.39 is 0 Å². The Morgan fingerprint density at radius 2 is 2.12 bits per heavy atom. The van der Waals surface area contributed by atoms with Gasteiger partial charge in [-0.1, -0.05) is 0 Å². The van der Waals surface area contributed by atoms with Crippen LogP contribution in [0.5, 0.6) is 0 Å². The molecule has 140 valence electrons. The van der Waals surface area contributed by atoms with Crippen molar-refractivity contribution in [2.75, 3.05) is 0 Å². The number of nitrogens with zero attached hydrogens (tertiary/aromatic N) is 4. The molecule has 2 aromatic rings. The van der Waals surface area contributed by atoms with Crippen LogP contribution in [0.4, 0.5) is 0 Å². The summed E-state index contributed by atoms with van der Waals surface area (Å²) >= 11 is 0. The standard InChI is InChI=1S/C18H26N6O2/c1-24-16(10-25)22-23-18(24)11-8-12(9-11)19-17(26)7-6-15-13-4-2-3-5-14(13)20-21-15/h11-12,25H,2-10H2,1H3,(H,19,26)(H,20,21). The van der Waals surface area contributed by atoms with Gasteiger partial charge in [0.05, 0.1) is 5.69 Å².